The highest BCUT2D eigenvalue weighted by Crippen LogP contribution is 2.40. The van der Waals surface area contributed by atoms with Crippen molar-refractivity contribution in [1.82, 2.24) is 14.8 Å². The van der Waals surface area contributed by atoms with Crippen molar-refractivity contribution in [1.29, 1.82) is 0 Å². The molecule has 0 unspecified atom stereocenters. The highest BCUT2D eigenvalue weighted by molar-refractivity contribution is 7.22. The highest BCUT2D eigenvalue weighted by atomic mass is 32.1. The molecule has 0 atom stereocenters. The summed E-state index contributed by atoms with van der Waals surface area (Å²) >= 11 is 1.39. The van der Waals surface area contributed by atoms with Gasteiger partial charge in [0.05, 0.1) is 20.8 Å². The van der Waals surface area contributed by atoms with Crippen LogP contribution in [0.5, 0.6) is 11.5 Å². The molecular formula is C21H20N4O3S. The van der Waals surface area contributed by atoms with Crippen molar-refractivity contribution in [3.8, 4) is 11.5 Å². The summed E-state index contributed by atoms with van der Waals surface area (Å²) < 4.78 is 13.4. The summed E-state index contributed by atoms with van der Waals surface area (Å²) in [6, 6.07) is 15.2. The van der Waals surface area contributed by atoms with Gasteiger partial charge in [0.1, 0.15) is 21.7 Å². The number of thiazole rings is 1. The molecule has 7 nitrogen and oxygen atoms in total. The van der Waals surface area contributed by atoms with E-state index in [4.69, 9.17) is 14.5 Å². The molecule has 29 heavy (non-hydrogen) atoms. The molecular weight excluding hydrogens is 388 g/mol. The van der Waals surface area contributed by atoms with E-state index in [1.807, 2.05) is 42.5 Å². The first kappa shape index (κ1) is 18.9. The Labute approximate surface area is 172 Å². The lowest BCUT2D eigenvalue weighted by atomic mass is 10.2. The summed E-state index contributed by atoms with van der Waals surface area (Å²) in [5.74, 6) is 1.11. The maximum atomic E-state index is 13.3. The Kier molecular flexibility index (Phi) is 5.18. The second-order valence-corrected chi connectivity index (χ2v) is 7.37. The zero-order chi connectivity index (χ0) is 20.4. The minimum absolute atomic E-state index is 0.216. The van der Waals surface area contributed by atoms with Crippen molar-refractivity contribution >= 4 is 32.6 Å². The van der Waals surface area contributed by atoms with Crippen LogP contribution >= 0.6 is 11.3 Å². The summed E-state index contributed by atoms with van der Waals surface area (Å²) in [7, 11) is 4.99. The molecule has 0 aliphatic rings. The van der Waals surface area contributed by atoms with E-state index < -0.39 is 0 Å². The molecule has 1 amide bonds. The molecule has 0 aliphatic carbocycles. The fourth-order valence-electron chi connectivity index (χ4n) is 3.05. The van der Waals surface area contributed by atoms with Crippen LogP contribution in [0.1, 0.15) is 16.1 Å². The number of hydrogen-bond acceptors (Lipinski definition) is 6. The molecule has 0 N–H and O–H groups in total. The quantitative estimate of drug-likeness (QED) is 0.484. The minimum Gasteiger partial charge on any atom is -0.495 e. The normalized spacial score (nSPS) is 10.9. The lowest BCUT2D eigenvalue weighted by molar-refractivity contribution is 0.0979. The molecule has 0 aliphatic heterocycles. The first-order valence-electron chi connectivity index (χ1n) is 8.97. The number of rotatable bonds is 6. The monoisotopic (exact) mass is 408 g/mol. The molecule has 2 heterocycles. The van der Waals surface area contributed by atoms with E-state index in [1.54, 1.807) is 43.1 Å². The number of carbonyl (C=O) groups excluding carboxylic acids is 1. The van der Waals surface area contributed by atoms with Crippen LogP contribution in [0, 0.1) is 0 Å². The number of carbonyl (C=O) groups is 1. The molecule has 8 heteroatoms. The zero-order valence-corrected chi connectivity index (χ0v) is 17.1. The van der Waals surface area contributed by atoms with Crippen molar-refractivity contribution in [2.24, 2.45) is 7.05 Å². The molecule has 0 radical (unpaired) electrons. The van der Waals surface area contributed by atoms with Gasteiger partial charge in [-0.25, -0.2) is 4.98 Å². The maximum absolute atomic E-state index is 13.3. The van der Waals surface area contributed by atoms with Gasteiger partial charge in [-0.15, -0.1) is 0 Å². The number of fused-ring (bicyclic) bond motifs is 1. The van der Waals surface area contributed by atoms with E-state index in [-0.39, 0.29) is 5.91 Å². The lowest BCUT2D eigenvalue weighted by Crippen LogP contribution is -2.30. The van der Waals surface area contributed by atoms with Gasteiger partial charge >= 0.3 is 0 Å². The smallest absolute Gasteiger partial charge is 0.280 e. The molecule has 4 rings (SSSR count). The third kappa shape index (κ3) is 3.66. The molecule has 4 aromatic rings. The standard InChI is InChI=1S/C21H20N4O3S/c1-24-12-11-15(23-24)20(26)25(13-14-7-5-4-6-8-14)21-22-18-16(27-2)9-10-17(28-3)19(18)29-21/h4-12H,13H2,1-3H3. The Hall–Kier alpha value is -3.39. The number of nitrogens with zero attached hydrogens (tertiary/aromatic N) is 4. The number of aromatic nitrogens is 3. The number of benzene rings is 2. The van der Waals surface area contributed by atoms with Gasteiger partial charge in [0, 0.05) is 13.2 Å². The SMILES string of the molecule is COc1ccc(OC)c2sc(N(Cc3ccccc3)C(=O)c3ccn(C)n3)nc12. The third-order valence-corrected chi connectivity index (χ3v) is 5.58. The predicted molar refractivity (Wildman–Crippen MR) is 113 cm³/mol. The van der Waals surface area contributed by atoms with Gasteiger partial charge in [-0.1, -0.05) is 41.7 Å². The Morgan fingerprint density at radius 1 is 1.07 bits per heavy atom. The van der Waals surface area contributed by atoms with E-state index in [2.05, 4.69) is 5.10 Å². The van der Waals surface area contributed by atoms with Gasteiger partial charge in [-0.3, -0.25) is 14.4 Å². The number of amides is 1. The summed E-state index contributed by atoms with van der Waals surface area (Å²) in [5.41, 5.74) is 2.02. The maximum Gasteiger partial charge on any atom is 0.280 e. The Balaban J connectivity index is 1.83. The van der Waals surface area contributed by atoms with Crippen molar-refractivity contribution in [2.75, 3.05) is 19.1 Å². The number of methoxy groups -OCH3 is 2. The van der Waals surface area contributed by atoms with Crippen LogP contribution in [0.15, 0.2) is 54.7 Å². The second-order valence-electron chi connectivity index (χ2n) is 6.40. The fraction of sp³-hybridized carbons (Fsp3) is 0.190. The van der Waals surface area contributed by atoms with Gasteiger partial charge < -0.3 is 9.47 Å². The van der Waals surface area contributed by atoms with Crippen molar-refractivity contribution in [2.45, 2.75) is 6.54 Å². The van der Waals surface area contributed by atoms with E-state index in [0.29, 0.717) is 34.4 Å². The van der Waals surface area contributed by atoms with Crippen LogP contribution in [0.2, 0.25) is 0 Å². The van der Waals surface area contributed by atoms with Crippen molar-refractivity contribution < 1.29 is 14.3 Å². The number of hydrogen-bond donors (Lipinski definition) is 0. The van der Waals surface area contributed by atoms with Crippen molar-refractivity contribution in [3.63, 3.8) is 0 Å². The Morgan fingerprint density at radius 2 is 1.79 bits per heavy atom. The highest BCUT2D eigenvalue weighted by Gasteiger charge is 2.25. The van der Waals surface area contributed by atoms with Gasteiger partial charge in [0.25, 0.3) is 5.91 Å². The summed E-state index contributed by atoms with van der Waals surface area (Å²) in [6.07, 6.45) is 1.75. The molecule has 0 bridgehead atoms. The molecule has 2 aromatic heterocycles. The van der Waals surface area contributed by atoms with E-state index in [9.17, 15) is 4.79 Å². The zero-order valence-electron chi connectivity index (χ0n) is 16.3. The summed E-state index contributed by atoms with van der Waals surface area (Å²) in [5, 5.41) is 4.83. The molecule has 0 saturated heterocycles. The van der Waals surface area contributed by atoms with Crippen LogP contribution in [-0.4, -0.2) is 34.9 Å². The predicted octanol–water partition coefficient (Wildman–Crippen LogP) is 3.89. The van der Waals surface area contributed by atoms with Crippen LogP contribution in [0.4, 0.5) is 5.13 Å². The fourth-order valence-corrected chi connectivity index (χ4v) is 4.12. The molecule has 148 valence electrons. The number of anilines is 1. The van der Waals surface area contributed by atoms with Gasteiger partial charge in [-0.05, 0) is 23.8 Å². The number of ether oxygens (including phenoxy) is 2. The first-order valence-corrected chi connectivity index (χ1v) is 9.79. The third-order valence-electron chi connectivity index (χ3n) is 4.49. The van der Waals surface area contributed by atoms with Crippen LogP contribution < -0.4 is 14.4 Å². The topological polar surface area (TPSA) is 69.5 Å². The first-order chi connectivity index (χ1) is 14.1. The van der Waals surface area contributed by atoms with E-state index >= 15 is 0 Å². The second kappa shape index (κ2) is 7.92. The van der Waals surface area contributed by atoms with Gasteiger partial charge in [-0.2, -0.15) is 5.10 Å². The molecule has 0 fully saturated rings. The average Bonchev–Trinajstić information content (AvgIpc) is 3.38. The lowest BCUT2D eigenvalue weighted by Gasteiger charge is -2.19. The largest absolute Gasteiger partial charge is 0.495 e. The minimum atomic E-state index is -0.216. The average molecular weight is 408 g/mol. The molecule has 2 aromatic carbocycles. The van der Waals surface area contributed by atoms with E-state index in [0.717, 1.165) is 10.3 Å². The Morgan fingerprint density at radius 3 is 2.45 bits per heavy atom. The van der Waals surface area contributed by atoms with Crippen LogP contribution in [0.3, 0.4) is 0 Å². The molecule has 0 saturated carbocycles. The van der Waals surface area contributed by atoms with Gasteiger partial charge in [0.15, 0.2) is 10.8 Å². The molecule has 0 spiro atoms. The van der Waals surface area contributed by atoms with Gasteiger partial charge in [0.2, 0.25) is 0 Å². The van der Waals surface area contributed by atoms with Crippen LogP contribution in [-0.2, 0) is 13.6 Å². The number of aryl methyl sites for hydroxylation is 1. The summed E-state index contributed by atoms with van der Waals surface area (Å²) in [4.78, 5) is 19.7. The van der Waals surface area contributed by atoms with Crippen molar-refractivity contribution in [3.05, 3.63) is 66.0 Å². The van der Waals surface area contributed by atoms with E-state index in [1.165, 1.54) is 11.3 Å². The summed E-state index contributed by atoms with van der Waals surface area (Å²) in [6.45, 7) is 0.376. The Bertz CT molecular complexity index is 1110. The van der Waals surface area contributed by atoms with Crippen LogP contribution in [0.25, 0.3) is 10.2 Å².